The maximum atomic E-state index is 13.4. The lowest BCUT2D eigenvalue weighted by molar-refractivity contribution is 0.184. The summed E-state index contributed by atoms with van der Waals surface area (Å²) in [6, 6.07) is 7.85. The molecule has 0 bridgehead atoms. The lowest BCUT2D eigenvalue weighted by Crippen LogP contribution is -2.55. The molecule has 2 amide bonds. The Bertz CT molecular complexity index is 1230. The summed E-state index contributed by atoms with van der Waals surface area (Å²) in [6.07, 6.45) is 8.10. The number of rotatable bonds is 3. The molecule has 5 rings (SSSR count). The number of halogens is 2. The van der Waals surface area contributed by atoms with Gasteiger partial charge in [0.05, 0.1) is 10.7 Å². The number of benzene rings is 1. The van der Waals surface area contributed by atoms with Crippen molar-refractivity contribution in [3.8, 4) is 0 Å². The van der Waals surface area contributed by atoms with Crippen molar-refractivity contribution < 1.29 is 9.18 Å². The molecule has 33 heavy (non-hydrogen) atoms. The molecule has 0 radical (unpaired) electrons. The number of fused-ring (bicyclic) bond motifs is 1. The average Bonchev–Trinajstić information content (AvgIpc) is 3.26. The maximum Gasteiger partial charge on any atom is 0.322 e. The highest BCUT2D eigenvalue weighted by atomic mass is 35.5. The molecular weight excluding hydrogens is 443 g/mol. The van der Waals surface area contributed by atoms with E-state index in [1.807, 2.05) is 19.1 Å². The number of nitrogens with zero attached hydrogens (tertiary/aromatic N) is 5. The number of anilines is 2. The van der Waals surface area contributed by atoms with Gasteiger partial charge in [-0.25, -0.2) is 19.2 Å². The zero-order valence-electron chi connectivity index (χ0n) is 18.0. The SMILES string of the molecule is C[C@@H]1CN(c2ncnc3c2C=C(c2ccncc2)C3)CCN1C(=O)Nc1ccc(F)c(Cl)c1. The molecule has 3 aromatic rings. The first-order valence-electron chi connectivity index (χ1n) is 10.7. The number of amides is 2. The first-order valence-corrected chi connectivity index (χ1v) is 11.1. The lowest BCUT2D eigenvalue weighted by atomic mass is 10.1. The molecule has 1 atom stereocenters. The number of piperazine rings is 1. The van der Waals surface area contributed by atoms with Gasteiger partial charge in [-0.05, 0) is 54.5 Å². The molecule has 0 spiro atoms. The normalized spacial score (nSPS) is 17.5. The summed E-state index contributed by atoms with van der Waals surface area (Å²) < 4.78 is 13.4. The van der Waals surface area contributed by atoms with E-state index < -0.39 is 5.82 Å². The van der Waals surface area contributed by atoms with Gasteiger partial charge >= 0.3 is 6.03 Å². The van der Waals surface area contributed by atoms with E-state index in [-0.39, 0.29) is 17.1 Å². The summed E-state index contributed by atoms with van der Waals surface area (Å²) >= 11 is 5.83. The molecule has 1 aliphatic carbocycles. The van der Waals surface area contributed by atoms with Crippen molar-refractivity contribution in [2.24, 2.45) is 0 Å². The molecule has 1 aromatic carbocycles. The molecule has 1 fully saturated rings. The van der Waals surface area contributed by atoms with Crippen LogP contribution >= 0.6 is 11.6 Å². The standard InChI is InChI=1S/C24H22ClFN6O/c1-15-13-31(8-9-32(15)24(33)30-18-2-3-21(26)20(25)12-18)23-19-10-17(11-22(19)28-14-29-23)16-4-6-27-7-5-16/h2-7,10,12,14-15H,8-9,11,13H2,1H3,(H,30,33)/t15-/m1/s1. The van der Waals surface area contributed by atoms with Crippen LogP contribution < -0.4 is 10.2 Å². The van der Waals surface area contributed by atoms with Gasteiger partial charge in [0.2, 0.25) is 0 Å². The molecule has 2 aliphatic rings. The number of allylic oxidation sites excluding steroid dienone is 1. The third-order valence-corrected chi connectivity index (χ3v) is 6.32. The average molecular weight is 465 g/mol. The van der Waals surface area contributed by atoms with Crippen LogP contribution in [0, 0.1) is 5.82 Å². The third-order valence-electron chi connectivity index (χ3n) is 6.03. The number of hydrogen-bond acceptors (Lipinski definition) is 5. The Morgan fingerprint density at radius 1 is 1.18 bits per heavy atom. The maximum absolute atomic E-state index is 13.4. The Labute approximate surface area is 195 Å². The molecule has 0 saturated carbocycles. The quantitative estimate of drug-likeness (QED) is 0.617. The smallest absolute Gasteiger partial charge is 0.322 e. The van der Waals surface area contributed by atoms with Crippen molar-refractivity contribution in [2.75, 3.05) is 29.9 Å². The van der Waals surface area contributed by atoms with Crippen molar-refractivity contribution in [2.45, 2.75) is 19.4 Å². The summed E-state index contributed by atoms with van der Waals surface area (Å²) in [5.41, 5.74) is 4.83. The molecule has 9 heteroatoms. The molecule has 1 N–H and O–H groups in total. The minimum atomic E-state index is -0.518. The van der Waals surface area contributed by atoms with Gasteiger partial charge in [0, 0.05) is 55.7 Å². The molecule has 7 nitrogen and oxygen atoms in total. The van der Waals surface area contributed by atoms with Gasteiger partial charge < -0.3 is 15.1 Å². The van der Waals surface area contributed by atoms with E-state index in [9.17, 15) is 9.18 Å². The summed E-state index contributed by atoms with van der Waals surface area (Å²) in [5, 5.41) is 2.78. The van der Waals surface area contributed by atoms with Crippen LogP contribution in [0.5, 0.6) is 0 Å². The number of nitrogens with one attached hydrogen (secondary N) is 1. The first-order chi connectivity index (χ1) is 16.0. The fourth-order valence-corrected chi connectivity index (χ4v) is 4.52. The zero-order chi connectivity index (χ0) is 22.9. The highest BCUT2D eigenvalue weighted by Gasteiger charge is 2.30. The highest BCUT2D eigenvalue weighted by Crippen LogP contribution is 2.35. The van der Waals surface area contributed by atoms with Crippen LogP contribution in [0.2, 0.25) is 5.02 Å². The summed E-state index contributed by atoms with van der Waals surface area (Å²) in [4.78, 5) is 30.0. The second-order valence-corrected chi connectivity index (χ2v) is 8.59. The van der Waals surface area contributed by atoms with Gasteiger partial charge in [-0.15, -0.1) is 0 Å². The predicted octanol–water partition coefficient (Wildman–Crippen LogP) is 4.50. The Morgan fingerprint density at radius 3 is 2.76 bits per heavy atom. The van der Waals surface area contributed by atoms with E-state index in [0.29, 0.717) is 25.3 Å². The largest absolute Gasteiger partial charge is 0.352 e. The van der Waals surface area contributed by atoms with Crippen LogP contribution in [0.25, 0.3) is 11.6 Å². The van der Waals surface area contributed by atoms with E-state index >= 15 is 0 Å². The van der Waals surface area contributed by atoms with E-state index in [2.05, 4.69) is 31.2 Å². The third kappa shape index (κ3) is 4.26. The van der Waals surface area contributed by atoms with E-state index in [1.54, 1.807) is 23.6 Å². The van der Waals surface area contributed by atoms with Crippen molar-refractivity contribution >= 4 is 40.8 Å². The molecule has 168 valence electrons. The Morgan fingerprint density at radius 2 is 2.00 bits per heavy atom. The van der Waals surface area contributed by atoms with Crippen LogP contribution in [-0.2, 0) is 6.42 Å². The monoisotopic (exact) mass is 464 g/mol. The number of pyridine rings is 1. The Kier molecular flexibility index (Phi) is 5.68. The van der Waals surface area contributed by atoms with Crippen LogP contribution in [0.15, 0.2) is 49.1 Å². The summed E-state index contributed by atoms with van der Waals surface area (Å²) in [7, 11) is 0. The van der Waals surface area contributed by atoms with E-state index in [0.717, 1.165) is 29.1 Å². The molecule has 1 aliphatic heterocycles. The first kappa shape index (κ1) is 21.3. The Hall–Kier alpha value is -3.52. The number of urea groups is 1. The van der Waals surface area contributed by atoms with E-state index in [4.69, 9.17) is 11.6 Å². The molecular formula is C24H22ClFN6O. The number of hydrogen-bond donors (Lipinski definition) is 1. The number of aromatic nitrogens is 3. The van der Waals surface area contributed by atoms with E-state index in [1.165, 1.54) is 23.8 Å². The van der Waals surface area contributed by atoms with Crippen LogP contribution in [0.4, 0.5) is 20.7 Å². The van der Waals surface area contributed by atoms with Crippen LogP contribution in [0.3, 0.4) is 0 Å². The second kappa shape index (κ2) is 8.78. The van der Waals surface area contributed by atoms with Gasteiger partial charge in [0.1, 0.15) is 18.0 Å². The van der Waals surface area contributed by atoms with Gasteiger partial charge in [-0.3, -0.25) is 4.98 Å². The zero-order valence-corrected chi connectivity index (χ0v) is 18.8. The van der Waals surface area contributed by atoms with Crippen molar-refractivity contribution in [1.82, 2.24) is 19.9 Å². The Balaban J connectivity index is 1.30. The molecule has 1 saturated heterocycles. The van der Waals surface area contributed by atoms with Crippen molar-refractivity contribution in [3.63, 3.8) is 0 Å². The fraction of sp³-hybridized carbons (Fsp3) is 0.250. The van der Waals surface area contributed by atoms with Crippen LogP contribution in [0.1, 0.15) is 23.7 Å². The van der Waals surface area contributed by atoms with Crippen LogP contribution in [-0.4, -0.2) is 51.6 Å². The number of carbonyl (C=O) groups is 1. The topological polar surface area (TPSA) is 74.2 Å². The number of carbonyl (C=O) groups excluding carboxylic acids is 1. The summed E-state index contributed by atoms with van der Waals surface area (Å²) in [5.74, 6) is 0.372. The fourth-order valence-electron chi connectivity index (χ4n) is 4.34. The minimum absolute atomic E-state index is 0.0255. The second-order valence-electron chi connectivity index (χ2n) is 8.19. The minimum Gasteiger partial charge on any atom is -0.352 e. The molecule has 2 aromatic heterocycles. The van der Waals surface area contributed by atoms with Gasteiger partial charge in [0.15, 0.2) is 0 Å². The summed E-state index contributed by atoms with van der Waals surface area (Å²) in [6.45, 7) is 3.81. The molecule has 3 heterocycles. The van der Waals surface area contributed by atoms with Crippen molar-refractivity contribution in [3.05, 3.63) is 76.7 Å². The lowest BCUT2D eigenvalue weighted by Gasteiger charge is -2.40. The highest BCUT2D eigenvalue weighted by molar-refractivity contribution is 6.31. The van der Waals surface area contributed by atoms with Gasteiger partial charge in [-0.2, -0.15) is 0 Å². The van der Waals surface area contributed by atoms with Gasteiger partial charge in [0.25, 0.3) is 0 Å². The van der Waals surface area contributed by atoms with Crippen molar-refractivity contribution in [1.29, 1.82) is 0 Å². The van der Waals surface area contributed by atoms with Gasteiger partial charge in [-0.1, -0.05) is 11.6 Å². The predicted molar refractivity (Wildman–Crippen MR) is 127 cm³/mol. The molecule has 0 unspecified atom stereocenters.